The van der Waals surface area contributed by atoms with Crippen LogP contribution in [0.2, 0.25) is 0 Å². The van der Waals surface area contributed by atoms with Crippen LogP contribution in [-0.4, -0.2) is 30.7 Å². The Morgan fingerprint density at radius 1 is 1.07 bits per heavy atom. The monoisotopic (exact) mass is 372 g/mol. The standard InChI is InChI=1S/C21H20N6O/c1-14(2)11-20(28)23-17-7-3-5-15(12-17)18-8-9-19-24-25-21(27(19)26-18)16-6-4-10-22-13-16/h3-10,12-14H,11H2,1-2H3,(H,23,28). The number of benzene rings is 1. The van der Waals surface area contributed by atoms with E-state index in [1.165, 1.54) is 0 Å². The molecule has 0 radical (unpaired) electrons. The van der Waals surface area contributed by atoms with Gasteiger partial charge in [-0.2, -0.15) is 9.61 Å². The number of anilines is 1. The third kappa shape index (κ3) is 3.73. The maximum absolute atomic E-state index is 12.1. The first-order valence-electron chi connectivity index (χ1n) is 9.13. The number of hydrogen-bond donors (Lipinski definition) is 1. The fourth-order valence-electron chi connectivity index (χ4n) is 2.96. The van der Waals surface area contributed by atoms with E-state index < -0.39 is 0 Å². The van der Waals surface area contributed by atoms with E-state index in [-0.39, 0.29) is 5.91 Å². The minimum absolute atomic E-state index is 0.00762. The number of fused-ring (bicyclic) bond motifs is 1. The molecule has 0 aliphatic heterocycles. The quantitative estimate of drug-likeness (QED) is 0.575. The summed E-state index contributed by atoms with van der Waals surface area (Å²) < 4.78 is 1.70. The number of rotatable bonds is 5. The number of carbonyl (C=O) groups is 1. The Morgan fingerprint density at radius 2 is 1.93 bits per heavy atom. The molecule has 0 saturated heterocycles. The van der Waals surface area contributed by atoms with E-state index in [1.54, 1.807) is 16.9 Å². The van der Waals surface area contributed by atoms with Gasteiger partial charge in [-0.1, -0.05) is 26.0 Å². The fourth-order valence-corrected chi connectivity index (χ4v) is 2.96. The Morgan fingerprint density at radius 3 is 2.71 bits per heavy atom. The first kappa shape index (κ1) is 17.8. The van der Waals surface area contributed by atoms with E-state index in [0.717, 1.165) is 22.5 Å². The van der Waals surface area contributed by atoms with Gasteiger partial charge in [0.25, 0.3) is 0 Å². The van der Waals surface area contributed by atoms with Crippen LogP contribution in [-0.2, 0) is 4.79 Å². The second-order valence-electron chi connectivity index (χ2n) is 6.98. The topological polar surface area (TPSA) is 85.1 Å². The van der Waals surface area contributed by atoms with Crippen molar-refractivity contribution >= 4 is 17.2 Å². The normalized spacial score (nSPS) is 11.1. The summed E-state index contributed by atoms with van der Waals surface area (Å²) in [6.45, 7) is 4.04. The number of aromatic nitrogens is 5. The molecule has 1 amide bonds. The summed E-state index contributed by atoms with van der Waals surface area (Å²) >= 11 is 0. The highest BCUT2D eigenvalue weighted by Crippen LogP contribution is 2.23. The first-order chi connectivity index (χ1) is 13.6. The number of amides is 1. The van der Waals surface area contributed by atoms with Gasteiger partial charge in [0, 0.05) is 35.6 Å². The Balaban J connectivity index is 1.68. The van der Waals surface area contributed by atoms with Crippen molar-refractivity contribution in [2.24, 2.45) is 5.92 Å². The molecule has 4 aromatic rings. The number of carbonyl (C=O) groups excluding carboxylic acids is 1. The van der Waals surface area contributed by atoms with Crippen LogP contribution in [0.1, 0.15) is 20.3 Å². The molecule has 0 saturated carbocycles. The zero-order chi connectivity index (χ0) is 19.5. The van der Waals surface area contributed by atoms with Crippen molar-refractivity contribution in [3.63, 3.8) is 0 Å². The highest BCUT2D eigenvalue weighted by Gasteiger charge is 2.12. The van der Waals surface area contributed by atoms with E-state index in [1.807, 2.05) is 62.4 Å². The summed E-state index contributed by atoms with van der Waals surface area (Å²) in [6, 6.07) is 15.2. The summed E-state index contributed by atoms with van der Waals surface area (Å²) in [5, 5.41) is 16.1. The second-order valence-corrected chi connectivity index (χ2v) is 6.98. The van der Waals surface area contributed by atoms with Gasteiger partial charge in [0.1, 0.15) is 0 Å². The molecule has 28 heavy (non-hydrogen) atoms. The molecule has 4 rings (SSSR count). The molecule has 3 heterocycles. The van der Waals surface area contributed by atoms with Gasteiger partial charge in [-0.3, -0.25) is 9.78 Å². The van der Waals surface area contributed by atoms with Crippen LogP contribution < -0.4 is 5.32 Å². The molecule has 7 nitrogen and oxygen atoms in total. The second kappa shape index (κ2) is 7.56. The lowest BCUT2D eigenvalue weighted by molar-refractivity contribution is -0.116. The average Bonchev–Trinajstić information content (AvgIpc) is 3.11. The third-order valence-electron chi connectivity index (χ3n) is 4.22. The van der Waals surface area contributed by atoms with Gasteiger partial charge >= 0.3 is 0 Å². The summed E-state index contributed by atoms with van der Waals surface area (Å²) in [5.74, 6) is 0.950. The lowest BCUT2D eigenvalue weighted by Gasteiger charge is -2.09. The predicted octanol–water partition coefficient (Wildman–Crippen LogP) is 3.84. The number of hydrogen-bond acceptors (Lipinski definition) is 5. The smallest absolute Gasteiger partial charge is 0.224 e. The molecule has 0 atom stereocenters. The minimum atomic E-state index is 0.00762. The van der Waals surface area contributed by atoms with Gasteiger partial charge in [-0.05, 0) is 42.3 Å². The number of nitrogens with zero attached hydrogens (tertiary/aromatic N) is 5. The summed E-state index contributed by atoms with van der Waals surface area (Å²) in [4.78, 5) is 16.2. The van der Waals surface area contributed by atoms with Gasteiger partial charge in [-0.15, -0.1) is 10.2 Å². The van der Waals surface area contributed by atoms with E-state index in [4.69, 9.17) is 5.10 Å². The maximum Gasteiger partial charge on any atom is 0.224 e. The molecule has 0 unspecified atom stereocenters. The molecule has 140 valence electrons. The van der Waals surface area contributed by atoms with Crippen molar-refractivity contribution in [1.29, 1.82) is 0 Å². The Hall–Kier alpha value is -3.61. The van der Waals surface area contributed by atoms with Crippen molar-refractivity contribution in [3.05, 3.63) is 60.9 Å². The zero-order valence-corrected chi connectivity index (χ0v) is 15.7. The predicted molar refractivity (Wildman–Crippen MR) is 108 cm³/mol. The van der Waals surface area contributed by atoms with Gasteiger partial charge < -0.3 is 5.32 Å². The zero-order valence-electron chi connectivity index (χ0n) is 15.7. The van der Waals surface area contributed by atoms with E-state index in [2.05, 4.69) is 20.5 Å². The molecule has 3 aromatic heterocycles. The van der Waals surface area contributed by atoms with Gasteiger partial charge in [-0.25, -0.2) is 0 Å². The van der Waals surface area contributed by atoms with Crippen LogP contribution in [0.25, 0.3) is 28.3 Å². The Kier molecular flexibility index (Phi) is 4.80. The van der Waals surface area contributed by atoms with Crippen molar-refractivity contribution in [3.8, 4) is 22.6 Å². The maximum atomic E-state index is 12.1. The summed E-state index contributed by atoms with van der Waals surface area (Å²) in [6.07, 6.45) is 3.93. The summed E-state index contributed by atoms with van der Waals surface area (Å²) in [7, 11) is 0. The van der Waals surface area contributed by atoms with Gasteiger partial charge in [0.05, 0.1) is 5.69 Å². The van der Waals surface area contributed by atoms with Gasteiger partial charge in [0.15, 0.2) is 11.5 Å². The molecule has 0 aliphatic rings. The van der Waals surface area contributed by atoms with Crippen molar-refractivity contribution in [1.82, 2.24) is 24.8 Å². The van der Waals surface area contributed by atoms with Gasteiger partial charge in [0.2, 0.25) is 5.91 Å². The molecular weight excluding hydrogens is 352 g/mol. The van der Waals surface area contributed by atoms with Crippen LogP contribution in [0.3, 0.4) is 0 Å². The molecule has 0 spiro atoms. The molecule has 0 fully saturated rings. The first-order valence-corrected chi connectivity index (χ1v) is 9.13. The molecule has 7 heteroatoms. The SMILES string of the molecule is CC(C)CC(=O)Nc1cccc(-c2ccc3nnc(-c4cccnc4)n3n2)c1. The molecule has 1 N–H and O–H groups in total. The summed E-state index contributed by atoms with van der Waals surface area (Å²) in [5.41, 5.74) is 3.91. The Labute approximate surface area is 162 Å². The van der Waals surface area contributed by atoms with E-state index >= 15 is 0 Å². The average molecular weight is 372 g/mol. The Bertz CT molecular complexity index is 1120. The molecular formula is C21H20N6O. The van der Waals surface area contributed by atoms with Crippen LogP contribution in [0.4, 0.5) is 5.69 Å². The number of nitrogens with one attached hydrogen (secondary N) is 1. The van der Waals surface area contributed by atoms with Crippen molar-refractivity contribution < 1.29 is 4.79 Å². The fraction of sp³-hybridized carbons (Fsp3) is 0.190. The van der Waals surface area contributed by atoms with Crippen LogP contribution in [0.15, 0.2) is 60.9 Å². The third-order valence-corrected chi connectivity index (χ3v) is 4.22. The largest absolute Gasteiger partial charge is 0.326 e. The molecule has 0 aliphatic carbocycles. The number of pyridine rings is 1. The van der Waals surface area contributed by atoms with E-state index in [0.29, 0.717) is 23.8 Å². The minimum Gasteiger partial charge on any atom is -0.326 e. The molecule has 0 bridgehead atoms. The molecule has 1 aromatic carbocycles. The highest BCUT2D eigenvalue weighted by molar-refractivity contribution is 5.91. The van der Waals surface area contributed by atoms with Crippen molar-refractivity contribution in [2.45, 2.75) is 20.3 Å². The lowest BCUT2D eigenvalue weighted by Crippen LogP contribution is -2.13. The van der Waals surface area contributed by atoms with E-state index in [9.17, 15) is 4.79 Å². The highest BCUT2D eigenvalue weighted by atomic mass is 16.1. The lowest BCUT2D eigenvalue weighted by atomic mass is 10.1. The van der Waals surface area contributed by atoms with Crippen LogP contribution in [0.5, 0.6) is 0 Å². The van der Waals surface area contributed by atoms with Crippen molar-refractivity contribution in [2.75, 3.05) is 5.32 Å². The van der Waals surface area contributed by atoms with Crippen LogP contribution >= 0.6 is 0 Å². The van der Waals surface area contributed by atoms with Crippen LogP contribution in [0, 0.1) is 5.92 Å².